The van der Waals surface area contributed by atoms with Crippen LogP contribution < -0.4 is 15.5 Å². The molecule has 0 saturated carbocycles. The third-order valence-electron chi connectivity index (χ3n) is 1.67. The van der Waals surface area contributed by atoms with Crippen LogP contribution in [0.15, 0.2) is 0 Å². The highest BCUT2D eigenvalue weighted by Crippen LogP contribution is 2.30. The Balaban J connectivity index is 2.79. The van der Waals surface area contributed by atoms with Crippen LogP contribution in [0.4, 0.5) is 5.13 Å². The van der Waals surface area contributed by atoms with Gasteiger partial charge >= 0.3 is 0 Å². The number of anilines is 1. The van der Waals surface area contributed by atoms with Gasteiger partial charge in [-0.3, -0.25) is 0 Å². The van der Waals surface area contributed by atoms with Crippen molar-refractivity contribution in [3.05, 3.63) is 4.88 Å². The van der Waals surface area contributed by atoms with Gasteiger partial charge in [0.15, 0.2) is 5.13 Å². The molecule has 6 heteroatoms. The topological polar surface area (TPSA) is 60.6 Å². The quantitative estimate of drug-likeness (QED) is 0.734. The third kappa shape index (κ3) is 2.57. The first-order valence-corrected chi connectivity index (χ1v) is 5.03. The summed E-state index contributed by atoms with van der Waals surface area (Å²) in [6.45, 7) is 0.478. The predicted molar refractivity (Wildman–Crippen MR) is 56.8 cm³/mol. The van der Waals surface area contributed by atoms with Crippen molar-refractivity contribution in [2.45, 2.75) is 6.42 Å². The third-order valence-corrected chi connectivity index (χ3v) is 2.94. The predicted octanol–water partition coefficient (Wildman–Crippen LogP) is 0.650. The highest BCUT2D eigenvalue weighted by Gasteiger charge is 2.12. The van der Waals surface area contributed by atoms with Gasteiger partial charge in [-0.1, -0.05) is 11.3 Å². The van der Waals surface area contributed by atoms with Gasteiger partial charge in [-0.2, -0.15) is 4.98 Å². The largest absolute Gasteiger partial charge is 0.480 e. The molecular weight excluding hydrogens is 202 g/mol. The molecule has 1 aromatic heterocycles. The Hall–Kier alpha value is -0.850. The molecule has 0 aliphatic heterocycles. The minimum absolute atomic E-state index is 0.478. The molecule has 0 amide bonds. The van der Waals surface area contributed by atoms with Crippen LogP contribution >= 0.6 is 11.3 Å². The fourth-order valence-electron chi connectivity index (χ4n) is 0.986. The zero-order valence-electron chi connectivity index (χ0n) is 8.61. The van der Waals surface area contributed by atoms with Crippen molar-refractivity contribution in [3.63, 3.8) is 0 Å². The van der Waals surface area contributed by atoms with E-state index in [-0.39, 0.29) is 0 Å². The van der Waals surface area contributed by atoms with Gasteiger partial charge in [0.25, 0.3) is 0 Å². The summed E-state index contributed by atoms with van der Waals surface area (Å²) >= 11 is 1.59. The first kappa shape index (κ1) is 11.2. The first-order chi connectivity index (χ1) is 6.69. The number of aromatic nitrogens is 1. The molecule has 0 atom stereocenters. The van der Waals surface area contributed by atoms with E-state index in [1.54, 1.807) is 18.4 Å². The standard InChI is InChI=1S/C8H15N3O2S/c1-11(2)8-10-7(12-3)6(14-8)4-5-13-9/h4-5,9H2,1-3H3. The van der Waals surface area contributed by atoms with E-state index < -0.39 is 0 Å². The maximum Gasteiger partial charge on any atom is 0.229 e. The Morgan fingerprint density at radius 3 is 2.71 bits per heavy atom. The lowest BCUT2D eigenvalue weighted by Gasteiger charge is -2.04. The lowest BCUT2D eigenvalue weighted by Crippen LogP contribution is -2.07. The molecule has 14 heavy (non-hydrogen) atoms. The van der Waals surface area contributed by atoms with Crippen LogP contribution in [0.3, 0.4) is 0 Å². The Bertz CT molecular complexity index is 288. The van der Waals surface area contributed by atoms with Gasteiger partial charge in [-0.25, -0.2) is 5.90 Å². The maximum atomic E-state index is 5.15. The zero-order valence-corrected chi connectivity index (χ0v) is 9.43. The summed E-state index contributed by atoms with van der Waals surface area (Å²) < 4.78 is 5.15. The summed E-state index contributed by atoms with van der Waals surface area (Å²) in [6, 6.07) is 0. The van der Waals surface area contributed by atoms with Crippen LogP contribution in [0.1, 0.15) is 4.88 Å². The summed E-state index contributed by atoms with van der Waals surface area (Å²) in [5, 5.41) is 0.925. The van der Waals surface area contributed by atoms with Crippen molar-refractivity contribution in [2.75, 3.05) is 32.7 Å². The number of nitrogens with two attached hydrogens (primary N) is 1. The zero-order chi connectivity index (χ0) is 10.6. The number of rotatable bonds is 5. The van der Waals surface area contributed by atoms with Gasteiger partial charge in [-0.15, -0.1) is 0 Å². The Kier molecular flexibility index (Phi) is 4.12. The van der Waals surface area contributed by atoms with E-state index in [0.717, 1.165) is 16.4 Å². The van der Waals surface area contributed by atoms with Gasteiger partial charge < -0.3 is 14.5 Å². The molecule has 0 aliphatic carbocycles. The summed E-state index contributed by atoms with van der Waals surface area (Å²) in [5.74, 6) is 5.63. The van der Waals surface area contributed by atoms with Crippen molar-refractivity contribution in [2.24, 2.45) is 5.90 Å². The smallest absolute Gasteiger partial charge is 0.229 e. The van der Waals surface area contributed by atoms with Crippen LogP contribution in [-0.4, -0.2) is 32.8 Å². The van der Waals surface area contributed by atoms with E-state index in [1.165, 1.54) is 0 Å². The van der Waals surface area contributed by atoms with Gasteiger partial charge in [-0.05, 0) is 0 Å². The highest BCUT2D eigenvalue weighted by atomic mass is 32.1. The number of methoxy groups -OCH3 is 1. The van der Waals surface area contributed by atoms with Crippen molar-refractivity contribution in [1.82, 2.24) is 4.98 Å². The summed E-state index contributed by atoms with van der Waals surface area (Å²) in [4.78, 5) is 11.8. The van der Waals surface area contributed by atoms with Gasteiger partial charge in [0, 0.05) is 20.5 Å². The maximum absolute atomic E-state index is 5.15. The fraction of sp³-hybridized carbons (Fsp3) is 0.625. The number of hydrogen-bond donors (Lipinski definition) is 1. The fourth-order valence-corrected chi connectivity index (χ4v) is 1.92. The highest BCUT2D eigenvalue weighted by molar-refractivity contribution is 7.15. The van der Waals surface area contributed by atoms with E-state index in [4.69, 9.17) is 10.6 Å². The van der Waals surface area contributed by atoms with Crippen LogP contribution in [0.2, 0.25) is 0 Å². The molecule has 0 fully saturated rings. The average molecular weight is 217 g/mol. The van der Waals surface area contributed by atoms with Crippen molar-refractivity contribution in [1.29, 1.82) is 0 Å². The molecule has 2 N–H and O–H groups in total. The molecule has 80 valence electrons. The van der Waals surface area contributed by atoms with Gasteiger partial charge in [0.2, 0.25) is 5.88 Å². The molecule has 1 heterocycles. The number of nitrogens with zero attached hydrogens (tertiary/aromatic N) is 2. The van der Waals surface area contributed by atoms with E-state index in [1.807, 2.05) is 19.0 Å². The molecular formula is C8H15N3O2S. The minimum atomic E-state index is 0.478. The second-order valence-electron chi connectivity index (χ2n) is 2.94. The van der Waals surface area contributed by atoms with E-state index in [2.05, 4.69) is 9.82 Å². The minimum Gasteiger partial charge on any atom is -0.480 e. The molecule has 0 radical (unpaired) electrons. The number of thiazole rings is 1. The monoisotopic (exact) mass is 217 g/mol. The molecule has 1 aromatic rings. The average Bonchev–Trinajstić information content (AvgIpc) is 2.57. The van der Waals surface area contributed by atoms with E-state index in [9.17, 15) is 0 Å². The van der Waals surface area contributed by atoms with Crippen LogP contribution in [0, 0.1) is 0 Å². The molecule has 5 nitrogen and oxygen atoms in total. The van der Waals surface area contributed by atoms with E-state index in [0.29, 0.717) is 12.5 Å². The molecule has 1 rings (SSSR count). The summed E-state index contributed by atoms with van der Waals surface area (Å²) in [6.07, 6.45) is 0.727. The number of hydrogen-bond acceptors (Lipinski definition) is 6. The lowest BCUT2D eigenvalue weighted by molar-refractivity contribution is 0.141. The second-order valence-corrected chi connectivity index (χ2v) is 4.01. The van der Waals surface area contributed by atoms with Gasteiger partial charge in [0.05, 0.1) is 18.6 Å². The van der Waals surface area contributed by atoms with Crippen LogP contribution in [0.25, 0.3) is 0 Å². The Morgan fingerprint density at radius 2 is 2.21 bits per heavy atom. The Labute approximate surface area is 87.4 Å². The first-order valence-electron chi connectivity index (χ1n) is 4.21. The van der Waals surface area contributed by atoms with Crippen molar-refractivity contribution >= 4 is 16.5 Å². The van der Waals surface area contributed by atoms with Gasteiger partial charge in [0.1, 0.15) is 0 Å². The molecule has 0 aromatic carbocycles. The molecule has 0 aliphatic rings. The summed E-state index contributed by atoms with van der Waals surface area (Å²) in [7, 11) is 5.50. The SMILES string of the molecule is COc1nc(N(C)C)sc1CCON. The normalized spacial score (nSPS) is 10.3. The molecule has 0 saturated heterocycles. The van der Waals surface area contributed by atoms with Crippen molar-refractivity contribution in [3.8, 4) is 5.88 Å². The van der Waals surface area contributed by atoms with Crippen LogP contribution in [0.5, 0.6) is 5.88 Å². The molecule has 0 unspecified atom stereocenters. The van der Waals surface area contributed by atoms with E-state index >= 15 is 0 Å². The molecule has 0 spiro atoms. The number of ether oxygens (including phenoxy) is 1. The lowest BCUT2D eigenvalue weighted by atomic mass is 10.4. The van der Waals surface area contributed by atoms with Crippen molar-refractivity contribution < 1.29 is 9.57 Å². The second kappa shape index (κ2) is 5.14. The van der Waals surface area contributed by atoms with Crippen LogP contribution in [-0.2, 0) is 11.3 Å². The molecule has 0 bridgehead atoms. The Morgan fingerprint density at radius 1 is 1.50 bits per heavy atom. The summed E-state index contributed by atoms with van der Waals surface area (Å²) in [5.41, 5.74) is 0.